The fourth-order valence-electron chi connectivity index (χ4n) is 13.1. The number of carbonyl (C=O) groups excluding carboxylic acids is 2. The van der Waals surface area contributed by atoms with Crippen LogP contribution in [0.4, 0.5) is 0 Å². The van der Waals surface area contributed by atoms with Gasteiger partial charge in [0.25, 0.3) is 5.91 Å². The monoisotopic (exact) mass is 572 g/mol. The summed E-state index contributed by atoms with van der Waals surface area (Å²) in [6.07, 6.45) is 9.97. The molecule has 0 bridgehead atoms. The lowest BCUT2D eigenvalue weighted by molar-refractivity contribution is -0.264. The second-order valence-corrected chi connectivity index (χ2v) is 17.3. The van der Waals surface area contributed by atoms with Gasteiger partial charge in [-0.05, 0) is 114 Å². The van der Waals surface area contributed by atoms with Crippen LogP contribution in [0.1, 0.15) is 128 Å². The summed E-state index contributed by atoms with van der Waals surface area (Å²) in [4.78, 5) is 31.3. The van der Waals surface area contributed by atoms with Gasteiger partial charge in [0.1, 0.15) is 11.3 Å². The molecule has 2 N–H and O–H groups in total. The first-order chi connectivity index (χ1) is 19.5. The average molecular weight is 573 g/mol. The molecule has 7 rings (SSSR count). The second kappa shape index (κ2) is 8.37. The number of carbonyl (C=O) groups is 2. The first-order valence-corrected chi connectivity index (χ1v) is 16.7. The maximum absolute atomic E-state index is 13.4. The molecule has 4 saturated carbocycles. The molecule has 1 aromatic heterocycles. The van der Waals surface area contributed by atoms with Gasteiger partial charge in [-0.3, -0.25) is 14.6 Å². The third-order valence-corrected chi connectivity index (χ3v) is 15.1. The Morgan fingerprint density at radius 3 is 2.36 bits per heavy atom. The molecular formula is C37H52N2O3. The van der Waals surface area contributed by atoms with Crippen LogP contribution in [0.3, 0.4) is 0 Å². The molecule has 5 aliphatic carbocycles. The Hall–Kier alpha value is -2.01. The smallest absolute Gasteiger partial charge is 0.270 e. The van der Waals surface area contributed by atoms with Gasteiger partial charge in [0, 0.05) is 23.6 Å². The van der Waals surface area contributed by atoms with Gasteiger partial charge >= 0.3 is 0 Å². The highest BCUT2D eigenvalue weighted by atomic mass is 16.3. The zero-order valence-corrected chi connectivity index (χ0v) is 27.4. The SMILES string of the molecule is Cc1ccnc2c1[C@]1(O)C(C[C@]3(C)[C@H]4CC[C@@H]5C6=C(C(C)C)C(=O)C[C@]6(C)CC[C@@]5(C)[C@]4(C)CC[C@H]3C1(C)C)NC2=O. The molecule has 0 radical (unpaired) electrons. The molecule has 228 valence electrons. The third-order valence-electron chi connectivity index (χ3n) is 15.1. The molecule has 5 nitrogen and oxygen atoms in total. The topological polar surface area (TPSA) is 79.3 Å². The van der Waals surface area contributed by atoms with E-state index in [1.54, 1.807) is 6.20 Å². The molecule has 1 amide bonds. The molecule has 4 fully saturated rings. The highest BCUT2D eigenvalue weighted by Crippen LogP contribution is 2.78. The number of allylic oxidation sites excluding steroid dienone is 2. The molecule has 1 aliphatic heterocycles. The second-order valence-electron chi connectivity index (χ2n) is 17.3. The van der Waals surface area contributed by atoms with Gasteiger partial charge in [-0.15, -0.1) is 0 Å². The minimum atomic E-state index is -1.17. The molecule has 9 atom stereocenters. The van der Waals surface area contributed by atoms with Crippen LogP contribution < -0.4 is 5.32 Å². The van der Waals surface area contributed by atoms with Crippen molar-refractivity contribution in [3.05, 3.63) is 40.2 Å². The lowest BCUT2D eigenvalue weighted by Crippen LogP contribution is -2.74. The third kappa shape index (κ3) is 3.08. The van der Waals surface area contributed by atoms with Crippen LogP contribution in [0, 0.1) is 57.7 Å². The van der Waals surface area contributed by atoms with E-state index in [0.717, 1.165) is 55.2 Å². The molecule has 1 aromatic rings. The van der Waals surface area contributed by atoms with E-state index in [2.05, 4.69) is 65.7 Å². The molecular weight excluding hydrogens is 520 g/mol. The van der Waals surface area contributed by atoms with E-state index in [-0.39, 0.29) is 39.5 Å². The number of hydrogen-bond acceptors (Lipinski definition) is 4. The summed E-state index contributed by atoms with van der Waals surface area (Å²) in [6, 6.07) is 1.60. The number of fused-ring (bicyclic) bond motifs is 10. The van der Waals surface area contributed by atoms with E-state index in [0.29, 0.717) is 35.7 Å². The number of aryl methyl sites for hydroxylation is 1. The Morgan fingerprint density at radius 1 is 0.952 bits per heavy atom. The Bertz CT molecular complexity index is 1440. The van der Waals surface area contributed by atoms with Crippen LogP contribution in [-0.2, 0) is 10.4 Å². The Labute approximate surface area is 252 Å². The summed E-state index contributed by atoms with van der Waals surface area (Å²) < 4.78 is 0. The molecule has 5 heteroatoms. The van der Waals surface area contributed by atoms with Gasteiger partial charge < -0.3 is 10.4 Å². The molecule has 2 heterocycles. The van der Waals surface area contributed by atoms with E-state index in [4.69, 9.17) is 0 Å². The molecule has 0 aromatic carbocycles. The largest absolute Gasteiger partial charge is 0.382 e. The van der Waals surface area contributed by atoms with Gasteiger partial charge in [0.15, 0.2) is 5.78 Å². The fraction of sp³-hybridized carbons (Fsp3) is 0.757. The van der Waals surface area contributed by atoms with E-state index in [9.17, 15) is 14.7 Å². The highest BCUT2D eigenvalue weighted by Gasteiger charge is 2.73. The molecule has 6 aliphatic rings. The van der Waals surface area contributed by atoms with Crippen LogP contribution in [-0.4, -0.2) is 27.8 Å². The Kier molecular flexibility index (Phi) is 5.73. The van der Waals surface area contributed by atoms with Crippen molar-refractivity contribution in [2.24, 2.45) is 50.7 Å². The zero-order chi connectivity index (χ0) is 30.4. The number of aromatic nitrogens is 1. The molecule has 0 spiro atoms. The Morgan fingerprint density at radius 2 is 1.67 bits per heavy atom. The normalized spacial score (nSPS) is 47.1. The summed E-state index contributed by atoms with van der Waals surface area (Å²) in [5, 5.41) is 16.2. The number of pyridine rings is 1. The quantitative estimate of drug-likeness (QED) is 0.370. The van der Waals surface area contributed by atoms with Crippen LogP contribution in [0.15, 0.2) is 23.4 Å². The summed E-state index contributed by atoms with van der Waals surface area (Å²) >= 11 is 0. The van der Waals surface area contributed by atoms with Gasteiger partial charge in [-0.1, -0.05) is 61.0 Å². The summed E-state index contributed by atoms with van der Waals surface area (Å²) in [6.45, 7) is 21.1. The zero-order valence-electron chi connectivity index (χ0n) is 27.4. The van der Waals surface area contributed by atoms with Crippen molar-refractivity contribution in [1.29, 1.82) is 0 Å². The number of hydrogen-bond donors (Lipinski definition) is 2. The van der Waals surface area contributed by atoms with E-state index in [1.807, 2.05) is 13.0 Å². The van der Waals surface area contributed by atoms with Crippen molar-refractivity contribution in [3.63, 3.8) is 0 Å². The van der Waals surface area contributed by atoms with E-state index in [1.165, 1.54) is 12.0 Å². The summed E-state index contributed by atoms with van der Waals surface area (Å²) in [5.41, 5.74) is 3.44. The van der Waals surface area contributed by atoms with Crippen LogP contribution in [0.25, 0.3) is 0 Å². The first kappa shape index (κ1) is 28.7. The maximum Gasteiger partial charge on any atom is 0.270 e. The van der Waals surface area contributed by atoms with Crippen LogP contribution in [0.2, 0.25) is 0 Å². The fourth-order valence-corrected chi connectivity index (χ4v) is 13.1. The van der Waals surface area contributed by atoms with E-state index >= 15 is 0 Å². The van der Waals surface area contributed by atoms with Gasteiger partial charge in [-0.2, -0.15) is 0 Å². The summed E-state index contributed by atoms with van der Waals surface area (Å²) in [7, 11) is 0. The van der Waals surface area contributed by atoms with Crippen molar-refractivity contribution >= 4 is 11.7 Å². The van der Waals surface area contributed by atoms with Gasteiger partial charge in [0.2, 0.25) is 0 Å². The first-order valence-electron chi connectivity index (χ1n) is 16.7. The molecule has 42 heavy (non-hydrogen) atoms. The standard InChI is InChI=1S/C37H52N2O3/c1-20(2)27-23(40)18-33(6)15-16-35(8)22(29(27)33)10-11-25-34(7)19-26-37(42,32(4,5)24(34)12-14-36(25,35)9)28-21(3)13-17-38-30(28)31(41)39-26/h13,17,20,22,24-26,42H,10-12,14-16,18-19H2,1-9H3,(H,39,41)/t22-,24+,25-,26?,33+,34+,35-,36-,37-/m1/s1. The van der Waals surface area contributed by atoms with Crippen molar-refractivity contribution in [3.8, 4) is 0 Å². The number of amides is 1. The predicted molar refractivity (Wildman–Crippen MR) is 165 cm³/mol. The van der Waals surface area contributed by atoms with Crippen molar-refractivity contribution in [2.45, 2.75) is 125 Å². The van der Waals surface area contributed by atoms with Crippen LogP contribution in [0.5, 0.6) is 0 Å². The predicted octanol–water partition coefficient (Wildman–Crippen LogP) is 7.30. The number of ketones is 1. The van der Waals surface area contributed by atoms with Crippen LogP contribution >= 0.6 is 0 Å². The van der Waals surface area contributed by atoms with Crippen molar-refractivity contribution in [2.75, 3.05) is 0 Å². The van der Waals surface area contributed by atoms with Crippen molar-refractivity contribution in [1.82, 2.24) is 10.3 Å². The lowest BCUT2D eigenvalue weighted by Gasteiger charge is -2.74. The lowest BCUT2D eigenvalue weighted by atomic mass is 9.31. The van der Waals surface area contributed by atoms with Gasteiger partial charge in [-0.25, -0.2) is 0 Å². The Balaban J connectivity index is 1.34. The molecule has 1 unspecified atom stereocenters. The summed E-state index contributed by atoms with van der Waals surface area (Å²) in [5.74, 6) is 1.81. The highest BCUT2D eigenvalue weighted by molar-refractivity contribution is 6.00. The number of rotatable bonds is 1. The minimum Gasteiger partial charge on any atom is -0.382 e. The maximum atomic E-state index is 13.4. The number of nitrogens with one attached hydrogen (secondary N) is 1. The number of nitrogens with zero attached hydrogens (tertiary/aromatic N) is 1. The van der Waals surface area contributed by atoms with E-state index < -0.39 is 11.0 Å². The van der Waals surface area contributed by atoms with Gasteiger partial charge in [0.05, 0.1) is 6.04 Å². The molecule has 0 saturated heterocycles. The number of Topliss-reactive ketones (excluding diaryl/α,β-unsaturated/α-hetero) is 1. The average Bonchev–Trinajstić information content (AvgIpc) is 3.17. The number of aliphatic hydroxyl groups is 1. The van der Waals surface area contributed by atoms with Crippen molar-refractivity contribution < 1.29 is 14.7 Å². The minimum absolute atomic E-state index is 0.0240.